The SMILES string of the molecule is C=C(CCC/C=C\C/C=C\C/C=C\C/C=C\CCCCC)NCCOP(OC)OCC(C)N. The van der Waals surface area contributed by atoms with Gasteiger partial charge >= 0.3 is 8.60 Å². The highest BCUT2D eigenvalue weighted by Gasteiger charge is 2.10. The third kappa shape index (κ3) is 25.2. The third-order valence-corrected chi connectivity index (χ3v) is 5.62. The van der Waals surface area contributed by atoms with Crippen LogP contribution in [0.4, 0.5) is 0 Å². The van der Waals surface area contributed by atoms with E-state index in [9.17, 15) is 0 Å². The van der Waals surface area contributed by atoms with E-state index < -0.39 is 8.60 Å². The van der Waals surface area contributed by atoms with Gasteiger partial charge in [-0.2, -0.15) is 0 Å². The van der Waals surface area contributed by atoms with Gasteiger partial charge in [0.2, 0.25) is 0 Å². The molecular formula is C27H49N2O3P. The molecule has 0 fully saturated rings. The maximum absolute atomic E-state index is 5.66. The first-order valence-corrected chi connectivity index (χ1v) is 13.6. The van der Waals surface area contributed by atoms with Gasteiger partial charge in [-0.15, -0.1) is 0 Å². The van der Waals surface area contributed by atoms with Crippen molar-refractivity contribution in [1.29, 1.82) is 0 Å². The Morgan fingerprint density at radius 1 is 0.909 bits per heavy atom. The molecule has 0 amide bonds. The van der Waals surface area contributed by atoms with Crippen LogP contribution >= 0.6 is 8.60 Å². The van der Waals surface area contributed by atoms with Crippen molar-refractivity contribution in [2.24, 2.45) is 5.73 Å². The number of hydrogen-bond donors (Lipinski definition) is 2. The van der Waals surface area contributed by atoms with Crippen LogP contribution in [0.3, 0.4) is 0 Å². The van der Waals surface area contributed by atoms with Crippen molar-refractivity contribution in [1.82, 2.24) is 5.32 Å². The minimum absolute atomic E-state index is 0.0312. The molecule has 5 nitrogen and oxygen atoms in total. The number of nitrogens with one attached hydrogen (secondary N) is 1. The predicted octanol–water partition coefficient (Wildman–Crippen LogP) is 7.49. The van der Waals surface area contributed by atoms with Crippen LogP contribution in [0.25, 0.3) is 0 Å². The third-order valence-electron chi connectivity index (χ3n) is 4.57. The molecule has 0 aromatic rings. The maximum atomic E-state index is 5.66. The Bertz CT molecular complexity index is 560. The summed E-state index contributed by atoms with van der Waals surface area (Å²) >= 11 is 0. The summed E-state index contributed by atoms with van der Waals surface area (Å²) in [4.78, 5) is 0. The van der Waals surface area contributed by atoms with Crippen LogP contribution in [-0.2, 0) is 13.6 Å². The van der Waals surface area contributed by atoms with Crippen LogP contribution < -0.4 is 11.1 Å². The van der Waals surface area contributed by atoms with Gasteiger partial charge in [-0.3, -0.25) is 0 Å². The summed E-state index contributed by atoms with van der Waals surface area (Å²) in [5, 5.41) is 3.29. The van der Waals surface area contributed by atoms with Gasteiger partial charge in [-0.1, -0.05) is 75.0 Å². The molecule has 6 heteroatoms. The molecule has 0 bridgehead atoms. The van der Waals surface area contributed by atoms with Crippen molar-refractivity contribution in [2.75, 3.05) is 26.9 Å². The topological polar surface area (TPSA) is 65.7 Å². The van der Waals surface area contributed by atoms with Gasteiger partial charge in [0.05, 0.1) is 13.2 Å². The Kier molecular flexibility index (Phi) is 24.4. The van der Waals surface area contributed by atoms with E-state index in [1.54, 1.807) is 7.11 Å². The molecule has 0 heterocycles. The van der Waals surface area contributed by atoms with Gasteiger partial charge in [-0.05, 0) is 58.3 Å². The van der Waals surface area contributed by atoms with Crippen LogP contribution in [0.5, 0.6) is 0 Å². The van der Waals surface area contributed by atoms with Crippen LogP contribution in [-0.4, -0.2) is 32.9 Å². The van der Waals surface area contributed by atoms with Gasteiger partial charge in [-0.25, -0.2) is 0 Å². The fourth-order valence-electron chi connectivity index (χ4n) is 2.75. The van der Waals surface area contributed by atoms with Gasteiger partial charge in [0.1, 0.15) is 0 Å². The quantitative estimate of drug-likeness (QED) is 0.0901. The molecule has 0 aliphatic carbocycles. The number of unbranched alkanes of at least 4 members (excludes halogenated alkanes) is 4. The average Bonchev–Trinajstić information content (AvgIpc) is 2.80. The Labute approximate surface area is 205 Å². The highest BCUT2D eigenvalue weighted by molar-refractivity contribution is 7.41. The van der Waals surface area contributed by atoms with Crippen LogP contribution in [0.15, 0.2) is 60.9 Å². The molecule has 33 heavy (non-hydrogen) atoms. The summed E-state index contributed by atoms with van der Waals surface area (Å²) in [7, 11) is 0.256. The highest BCUT2D eigenvalue weighted by atomic mass is 31.2. The van der Waals surface area contributed by atoms with Gasteiger partial charge in [0.25, 0.3) is 0 Å². The zero-order chi connectivity index (χ0) is 24.4. The molecule has 0 saturated carbocycles. The Morgan fingerprint density at radius 2 is 1.48 bits per heavy atom. The summed E-state index contributed by atoms with van der Waals surface area (Å²) in [5.74, 6) is 0. The van der Waals surface area contributed by atoms with Crippen LogP contribution in [0.2, 0.25) is 0 Å². The highest BCUT2D eigenvalue weighted by Crippen LogP contribution is 2.38. The van der Waals surface area contributed by atoms with E-state index in [0.29, 0.717) is 19.8 Å². The molecule has 0 aliphatic rings. The fraction of sp³-hybridized carbons (Fsp3) is 0.630. The first-order valence-electron chi connectivity index (χ1n) is 12.5. The Balaban J connectivity index is 3.58. The van der Waals surface area contributed by atoms with E-state index in [4.69, 9.17) is 19.3 Å². The normalized spacial score (nSPS) is 14.2. The van der Waals surface area contributed by atoms with Gasteiger partial charge in [0, 0.05) is 25.4 Å². The van der Waals surface area contributed by atoms with E-state index in [1.165, 1.54) is 25.7 Å². The molecule has 0 aromatic carbocycles. The molecule has 0 radical (unpaired) electrons. The minimum Gasteiger partial charge on any atom is -0.386 e. The summed E-state index contributed by atoms with van der Waals surface area (Å²) < 4.78 is 16.2. The Morgan fingerprint density at radius 3 is 2.03 bits per heavy atom. The lowest BCUT2D eigenvalue weighted by Crippen LogP contribution is -2.21. The first-order chi connectivity index (χ1) is 16.1. The molecule has 0 aliphatic heterocycles. The number of rotatable bonds is 23. The second kappa shape index (κ2) is 25.4. The average molecular weight is 481 g/mol. The van der Waals surface area contributed by atoms with Crippen molar-refractivity contribution in [3.05, 3.63) is 60.9 Å². The summed E-state index contributed by atoms with van der Waals surface area (Å²) in [5.41, 5.74) is 6.70. The fourth-order valence-corrected chi connectivity index (χ4v) is 3.63. The van der Waals surface area contributed by atoms with E-state index in [-0.39, 0.29) is 6.04 Å². The molecule has 0 saturated heterocycles. The summed E-state index contributed by atoms with van der Waals surface area (Å²) in [6.45, 7) is 9.83. The Hall–Kier alpha value is -1.23. The van der Waals surface area contributed by atoms with E-state index in [2.05, 4.69) is 67.4 Å². The molecule has 0 aromatic heterocycles. The van der Waals surface area contributed by atoms with E-state index in [1.807, 2.05) is 6.92 Å². The molecule has 190 valence electrons. The smallest absolute Gasteiger partial charge is 0.332 e. The van der Waals surface area contributed by atoms with E-state index >= 15 is 0 Å². The van der Waals surface area contributed by atoms with Crippen molar-refractivity contribution in [2.45, 2.75) is 84.1 Å². The van der Waals surface area contributed by atoms with Crippen LogP contribution in [0, 0.1) is 0 Å². The summed E-state index contributed by atoms with van der Waals surface area (Å²) in [6.07, 6.45) is 29.3. The van der Waals surface area contributed by atoms with Gasteiger partial charge in [0.15, 0.2) is 0 Å². The van der Waals surface area contributed by atoms with E-state index in [0.717, 1.165) is 44.2 Å². The zero-order valence-corrected chi connectivity index (χ0v) is 22.2. The largest absolute Gasteiger partial charge is 0.386 e. The van der Waals surface area contributed by atoms with Crippen molar-refractivity contribution < 1.29 is 13.6 Å². The van der Waals surface area contributed by atoms with Crippen molar-refractivity contribution in [3.63, 3.8) is 0 Å². The molecule has 0 spiro atoms. The monoisotopic (exact) mass is 480 g/mol. The lowest BCUT2D eigenvalue weighted by molar-refractivity contribution is 0.176. The predicted molar refractivity (Wildman–Crippen MR) is 145 cm³/mol. The maximum Gasteiger partial charge on any atom is 0.332 e. The molecule has 2 atom stereocenters. The number of nitrogens with two attached hydrogens (primary N) is 1. The van der Waals surface area contributed by atoms with Crippen molar-refractivity contribution >= 4 is 8.60 Å². The lowest BCUT2D eigenvalue weighted by Gasteiger charge is -2.16. The molecular weight excluding hydrogens is 431 g/mol. The zero-order valence-electron chi connectivity index (χ0n) is 21.3. The lowest BCUT2D eigenvalue weighted by atomic mass is 10.2. The van der Waals surface area contributed by atoms with Crippen LogP contribution in [0.1, 0.15) is 78.1 Å². The minimum atomic E-state index is -1.32. The number of hydrogen-bond acceptors (Lipinski definition) is 5. The molecule has 2 unspecified atom stereocenters. The standard InChI is InChI=1S/C27H49N2O3P/c1-5-6-7-8-9-10-11-12-13-14-15-16-17-18-19-20-21-22-27(3)29-23-24-31-33(30-4)32-25-26(2)28/h9-10,12-13,15-16,18-19,26,29H,3,5-8,11,14,17,20-25,28H2,1-2,4H3/b10-9-,13-12-,16-15-,19-18-. The summed E-state index contributed by atoms with van der Waals surface area (Å²) in [6, 6.07) is -0.0312. The first kappa shape index (κ1) is 31.8. The molecule has 0 rings (SSSR count). The van der Waals surface area contributed by atoms with Gasteiger partial charge < -0.3 is 24.6 Å². The molecule has 3 N–H and O–H groups in total. The number of allylic oxidation sites excluding steroid dienone is 9. The van der Waals surface area contributed by atoms with Crippen molar-refractivity contribution in [3.8, 4) is 0 Å². The second-order valence-corrected chi connectivity index (χ2v) is 9.35. The second-order valence-electron chi connectivity index (χ2n) is 8.02.